The molecule has 1 aromatic heterocycles. The molecule has 2 N–H and O–H groups in total. The van der Waals surface area contributed by atoms with Gasteiger partial charge >= 0.3 is 12.3 Å². The van der Waals surface area contributed by atoms with E-state index >= 15 is 0 Å². The molecule has 0 aliphatic heterocycles. The van der Waals surface area contributed by atoms with E-state index in [1.165, 1.54) is 7.11 Å². The van der Waals surface area contributed by atoms with E-state index < -0.39 is 24.5 Å². The molecule has 0 aliphatic rings. The Hall–Kier alpha value is -2.03. The minimum Gasteiger partial charge on any atom is -0.481 e. The van der Waals surface area contributed by atoms with Crippen LogP contribution in [0.25, 0.3) is 0 Å². The Bertz CT molecular complexity index is 491. The van der Waals surface area contributed by atoms with Crippen LogP contribution >= 0.6 is 0 Å². The molecule has 0 aliphatic carbocycles. The third kappa shape index (κ3) is 3.98. The number of rotatable bonds is 5. The number of carbonyl (C=O) groups is 1. The number of carbonyl (C=O) groups excluding carboxylic acids is 1. The maximum Gasteiger partial charge on any atom is 0.573 e. The van der Waals surface area contributed by atoms with Crippen molar-refractivity contribution < 1.29 is 32.2 Å². The lowest BCUT2D eigenvalue weighted by molar-refractivity contribution is -0.275. The van der Waals surface area contributed by atoms with E-state index in [-0.39, 0.29) is 23.6 Å². The molecule has 0 fully saturated rings. The lowest BCUT2D eigenvalue weighted by Gasteiger charge is -2.17. The second-order valence-electron chi connectivity index (χ2n) is 3.59. The van der Waals surface area contributed by atoms with Gasteiger partial charge in [0, 0.05) is 17.7 Å². The predicted molar refractivity (Wildman–Crippen MR) is 61.1 cm³/mol. The number of nitrogens with two attached hydrogens (primary N) is 1. The van der Waals surface area contributed by atoms with E-state index in [2.05, 4.69) is 14.5 Å². The van der Waals surface area contributed by atoms with Gasteiger partial charge in [0.1, 0.15) is 0 Å². The molecule has 0 atom stereocenters. The van der Waals surface area contributed by atoms with Gasteiger partial charge in [0.05, 0.1) is 26.8 Å². The molecule has 0 saturated heterocycles. The lowest BCUT2D eigenvalue weighted by Crippen LogP contribution is -2.21. The molecular formula is C11H13F3N2O4. The number of ether oxygens (including phenoxy) is 3. The van der Waals surface area contributed by atoms with Crippen molar-refractivity contribution in [3.63, 3.8) is 0 Å². The number of hydrogen-bond donors (Lipinski definition) is 1. The molecular weight excluding hydrogens is 281 g/mol. The molecule has 20 heavy (non-hydrogen) atoms. The van der Waals surface area contributed by atoms with Gasteiger partial charge in [0.2, 0.25) is 5.88 Å². The first-order chi connectivity index (χ1) is 9.32. The number of esters is 1. The van der Waals surface area contributed by atoms with Crippen LogP contribution in [0, 0.1) is 0 Å². The molecule has 0 aromatic carbocycles. The van der Waals surface area contributed by atoms with Crippen LogP contribution in [0.3, 0.4) is 0 Å². The molecule has 1 rings (SSSR count). The van der Waals surface area contributed by atoms with Gasteiger partial charge in [-0.25, -0.2) is 4.98 Å². The van der Waals surface area contributed by atoms with Gasteiger partial charge in [0.15, 0.2) is 5.75 Å². The number of alkyl halides is 3. The van der Waals surface area contributed by atoms with E-state index in [9.17, 15) is 18.0 Å². The standard InChI is InChI=1S/C11H13F3N2O4/c1-18-9(17)3-6-7(4-15)10(19-2)16-5-8(6)20-11(12,13)14/h5H,3-4,15H2,1-2H3. The molecule has 1 heterocycles. The second kappa shape index (κ2) is 6.42. The van der Waals surface area contributed by atoms with Gasteiger partial charge in [-0.2, -0.15) is 0 Å². The van der Waals surface area contributed by atoms with Crippen LogP contribution in [0.5, 0.6) is 11.6 Å². The molecule has 1 aromatic rings. The van der Waals surface area contributed by atoms with E-state index in [0.717, 1.165) is 13.3 Å². The number of hydrogen-bond acceptors (Lipinski definition) is 6. The third-order valence-corrected chi connectivity index (χ3v) is 2.39. The average molecular weight is 294 g/mol. The smallest absolute Gasteiger partial charge is 0.481 e. The number of methoxy groups -OCH3 is 2. The van der Waals surface area contributed by atoms with Gasteiger partial charge in [-0.05, 0) is 0 Å². The molecule has 9 heteroatoms. The minimum absolute atomic E-state index is 0.0286. The maximum atomic E-state index is 12.3. The van der Waals surface area contributed by atoms with Crippen LogP contribution in [-0.4, -0.2) is 31.5 Å². The summed E-state index contributed by atoms with van der Waals surface area (Å²) in [5, 5.41) is 0. The zero-order valence-corrected chi connectivity index (χ0v) is 10.8. The van der Waals surface area contributed by atoms with Crippen LogP contribution < -0.4 is 15.2 Å². The maximum absolute atomic E-state index is 12.3. The largest absolute Gasteiger partial charge is 0.573 e. The summed E-state index contributed by atoms with van der Waals surface area (Å²) in [6, 6.07) is 0. The monoisotopic (exact) mass is 294 g/mol. The van der Waals surface area contributed by atoms with Crippen molar-refractivity contribution in [2.24, 2.45) is 5.73 Å². The van der Waals surface area contributed by atoms with Crippen LogP contribution in [0.4, 0.5) is 13.2 Å². The Kier molecular flexibility index (Phi) is 5.14. The number of pyridine rings is 1. The van der Waals surface area contributed by atoms with Crippen LogP contribution in [0.15, 0.2) is 6.20 Å². The van der Waals surface area contributed by atoms with Crippen LogP contribution in [0.1, 0.15) is 11.1 Å². The fourth-order valence-electron chi connectivity index (χ4n) is 1.56. The Balaban J connectivity index is 3.31. The molecule has 0 saturated carbocycles. The van der Waals surface area contributed by atoms with E-state index in [4.69, 9.17) is 10.5 Å². The van der Waals surface area contributed by atoms with Crippen LogP contribution in [-0.2, 0) is 22.5 Å². The Morgan fingerprint density at radius 3 is 2.45 bits per heavy atom. The first-order valence-electron chi connectivity index (χ1n) is 5.39. The Morgan fingerprint density at radius 2 is 2.00 bits per heavy atom. The summed E-state index contributed by atoms with van der Waals surface area (Å²) in [5.74, 6) is -1.31. The summed E-state index contributed by atoms with van der Waals surface area (Å²) in [5.41, 5.74) is 5.55. The SMILES string of the molecule is COC(=O)Cc1c(OC(F)(F)F)cnc(OC)c1CN. The lowest BCUT2D eigenvalue weighted by atomic mass is 10.1. The fraction of sp³-hybridized carbons (Fsp3) is 0.455. The summed E-state index contributed by atoms with van der Waals surface area (Å²) < 4.78 is 50.2. The summed E-state index contributed by atoms with van der Waals surface area (Å²) in [6.45, 7) is -0.169. The van der Waals surface area contributed by atoms with Gasteiger partial charge in [-0.15, -0.1) is 13.2 Å². The molecule has 112 valence electrons. The first kappa shape index (κ1) is 16.0. The third-order valence-electron chi connectivity index (χ3n) is 2.39. The van der Waals surface area contributed by atoms with Crippen molar-refractivity contribution >= 4 is 5.97 Å². The highest BCUT2D eigenvalue weighted by Crippen LogP contribution is 2.32. The fourth-order valence-corrected chi connectivity index (χ4v) is 1.56. The molecule has 0 spiro atoms. The zero-order valence-electron chi connectivity index (χ0n) is 10.8. The Labute approximate surface area is 112 Å². The number of aromatic nitrogens is 1. The van der Waals surface area contributed by atoms with E-state index in [1.54, 1.807) is 0 Å². The summed E-state index contributed by atoms with van der Waals surface area (Å²) in [7, 11) is 2.40. The Morgan fingerprint density at radius 1 is 1.35 bits per heavy atom. The molecule has 0 amide bonds. The molecule has 0 radical (unpaired) electrons. The van der Waals surface area contributed by atoms with Crippen molar-refractivity contribution in [3.05, 3.63) is 17.3 Å². The van der Waals surface area contributed by atoms with Crippen molar-refractivity contribution in [3.8, 4) is 11.6 Å². The van der Waals surface area contributed by atoms with Crippen molar-refractivity contribution in [1.82, 2.24) is 4.98 Å². The summed E-state index contributed by atoms with van der Waals surface area (Å²) >= 11 is 0. The van der Waals surface area contributed by atoms with Gasteiger partial charge in [0.25, 0.3) is 0 Å². The highest BCUT2D eigenvalue weighted by Gasteiger charge is 2.33. The van der Waals surface area contributed by atoms with Crippen molar-refractivity contribution in [2.45, 2.75) is 19.3 Å². The summed E-state index contributed by atoms with van der Waals surface area (Å²) in [6.07, 6.45) is -4.52. The van der Waals surface area contributed by atoms with Crippen molar-refractivity contribution in [2.75, 3.05) is 14.2 Å². The summed E-state index contributed by atoms with van der Waals surface area (Å²) in [4.78, 5) is 15.0. The van der Waals surface area contributed by atoms with Crippen molar-refractivity contribution in [1.29, 1.82) is 0 Å². The predicted octanol–water partition coefficient (Wildman–Crippen LogP) is 1.16. The molecule has 0 bridgehead atoms. The van der Waals surface area contributed by atoms with Crippen LogP contribution in [0.2, 0.25) is 0 Å². The normalized spacial score (nSPS) is 11.1. The van der Waals surface area contributed by atoms with Gasteiger partial charge in [-0.1, -0.05) is 0 Å². The highest BCUT2D eigenvalue weighted by molar-refractivity contribution is 5.74. The number of nitrogens with zero attached hydrogens (tertiary/aromatic N) is 1. The van der Waals surface area contributed by atoms with E-state index in [1.807, 2.05) is 0 Å². The quantitative estimate of drug-likeness (QED) is 0.820. The minimum atomic E-state index is -4.91. The second-order valence-corrected chi connectivity index (χ2v) is 3.59. The van der Waals surface area contributed by atoms with Gasteiger partial charge in [-0.3, -0.25) is 4.79 Å². The number of halogens is 3. The average Bonchev–Trinajstić information content (AvgIpc) is 2.38. The molecule has 0 unspecified atom stereocenters. The van der Waals surface area contributed by atoms with Gasteiger partial charge < -0.3 is 19.9 Å². The highest BCUT2D eigenvalue weighted by atomic mass is 19.4. The molecule has 6 nitrogen and oxygen atoms in total. The topological polar surface area (TPSA) is 83.7 Å². The zero-order chi connectivity index (χ0) is 15.3. The first-order valence-corrected chi connectivity index (χ1v) is 5.39. The van der Waals surface area contributed by atoms with E-state index in [0.29, 0.717) is 0 Å².